The molecule has 1 aliphatic heterocycles. The van der Waals surface area contributed by atoms with Gasteiger partial charge in [0.2, 0.25) is 0 Å². The molecule has 0 spiro atoms. The van der Waals surface area contributed by atoms with Crippen molar-refractivity contribution in [2.75, 3.05) is 6.61 Å². The molecule has 1 aliphatic rings. The SMILES string of the molecule is CC(C)C1(C)C=C(c2ncccc2C(=O)OCc2ccccc2)CO1. The lowest BCUT2D eigenvalue weighted by Crippen LogP contribution is -2.28. The summed E-state index contributed by atoms with van der Waals surface area (Å²) >= 11 is 0. The van der Waals surface area contributed by atoms with Gasteiger partial charge in [-0.2, -0.15) is 0 Å². The van der Waals surface area contributed by atoms with E-state index in [1.165, 1.54) is 0 Å². The Morgan fingerprint density at radius 1 is 1.24 bits per heavy atom. The Bertz CT molecular complexity index is 783. The number of benzene rings is 1. The number of esters is 1. The molecule has 0 fully saturated rings. The molecule has 0 radical (unpaired) electrons. The van der Waals surface area contributed by atoms with E-state index in [0.29, 0.717) is 23.8 Å². The molecule has 0 saturated heterocycles. The number of pyridine rings is 1. The van der Waals surface area contributed by atoms with Crippen molar-refractivity contribution in [3.05, 3.63) is 71.6 Å². The van der Waals surface area contributed by atoms with E-state index in [-0.39, 0.29) is 18.2 Å². The number of nitrogens with zero attached hydrogens (tertiary/aromatic N) is 1. The second kappa shape index (κ2) is 7.19. The van der Waals surface area contributed by atoms with Crippen LogP contribution in [-0.2, 0) is 16.1 Å². The first-order valence-electron chi connectivity index (χ1n) is 8.52. The van der Waals surface area contributed by atoms with Gasteiger partial charge in [-0.15, -0.1) is 0 Å². The van der Waals surface area contributed by atoms with Crippen molar-refractivity contribution in [1.29, 1.82) is 0 Å². The lowest BCUT2D eigenvalue weighted by Gasteiger charge is -2.25. The minimum absolute atomic E-state index is 0.243. The Hall–Kier alpha value is -2.46. The van der Waals surface area contributed by atoms with E-state index in [1.54, 1.807) is 18.3 Å². The van der Waals surface area contributed by atoms with Gasteiger partial charge in [0.15, 0.2) is 0 Å². The number of hydrogen-bond donors (Lipinski definition) is 0. The standard InChI is InChI=1S/C21H23NO3/c1-15(2)21(3)12-17(14-25-21)19-18(10-7-11-22-19)20(23)24-13-16-8-5-4-6-9-16/h4-12,15H,13-14H2,1-3H3. The maximum absolute atomic E-state index is 12.6. The summed E-state index contributed by atoms with van der Waals surface area (Å²) in [6, 6.07) is 13.1. The average molecular weight is 337 g/mol. The summed E-state index contributed by atoms with van der Waals surface area (Å²) < 4.78 is 11.4. The highest BCUT2D eigenvalue weighted by molar-refractivity contribution is 5.94. The second-order valence-electron chi connectivity index (χ2n) is 6.76. The van der Waals surface area contributed by atoms with E-state index in [9.17, 15) is 4.79 Å². The van der Waals surface area contributed by atoms with Crippen molar-refractivity contribution in [2.45, 2.75) is 33.0 Å². The summed E-state index contributed by atoms with van der Waals surface area (Å²) in [5.74, 6) is -0.0341. The molecule has 2 heterocycles. The number of hydrogen-bond acceptors (Lipinski definition) is 4. The van der Waals surface area contributed by atoms with Gasteiger partial charge in [0, 0.05) is 11.8 Å². The van der Waals surface area contributed by atoms with Gasteiger partial charge in [0.25, 0.3) is 0 Å². The fraction of sp³-hybridized carbons (Fsp3) is 0.333. The third-order valence-electron chi connectivity index (χ3n) is 4.69. The maximum atomic E-state index is 12.6. The fourth-order valence-corrected chi connectivity index (χ4v) is 2.76. The number of rotatable bonds is 5. The van der Waals surface area contributed by atoms with E-state index in [2.05, 4.69) is 31.8 Å². The van der Waals surface area contributed by atoms with E-state index in [0.717, 1.165) is 11.1 Å². The molecule has 130 valence electrons. The molecule has 3 rings (SSSR count). The van der Waals surface area contributed by atoms with Gasteiger partial charge in [0.1, 0.15) is 6.61 Å². The Morgan fingerprint density at radius 2 is 2.00 bits per heavy atom. The van der Waals surface area contributed by atoms with E-state index in [4.69, 9.17) is 9.47 Å². The third kappa shape index (κ3) is 3.80. The Kier molecular flexibility index (Phi) is 5.00. The van der Waals surface area contributed by atoms with Crippen LogP contribution in [0.4, 0.5) is 0 Å². The molecule has 0 bridgehead atoms. The van der Waals surface area contributed by atoms with Crippen LogP contribution in [0.2, 0.25) is 0 Å². The van der Waals surface area contributed by atoms with E-state index < -0.39 is 0 Å². The summed E-state index contributed by atoms with van der Waals surface area (Å²) in [4.78, 5) is 17.0. The molecular formula is C21H23NO3. The first-order valence-corrected chi connectivity index (χ1v) is 8.52. The first-order chi connectivity index (χ1) is 12.0. The highest BCUT2D eigenvalue weighted by Gasteiger charge is 2.34. The average Bonchev–Trinajstić information content (AvgIpc) is 3.04. The molecule has 0 N–H and O–H groups in total. The summed E-state index contributed by atoms with van der Waals surface area (Å²) in [5.41, 5.74) is 2.67. The van der Waals surface area contributed by atoms with Crippen LogP contribution in [0.1, 0.15) is 42.4 Å². The van der Waals surface area contributed by atoms with Gasteiger partial charge in [0.05, 0.1) is 23.5 Å². The number of ether oxygens (including phenoxy) is 2. The molecule has 0 saturated carbocycles. The van der Waals surface area contributed by atoms with Crippen LogP contribution in [0.3, 0.4) is 0 Å². The van der Waals surface area contributed by atoms with E-state index in [1.807, 2.05) is 30.3 Å². The van der Waals surface area contributed by atoms with Crippen LogP contribution in [0.5, 0.6) is 0 Å². The zero-order chi connectivity index (χ0) is 17.9. The van der Waals surface area contributed by atoms with Gasteiger partial charge < -0.3 is 9.47 Å². The topological polar surface area (TPSA) is 48.4 Å². The van der Waals surface area contributed by atoms with Crippen LogP contribution in [0.25, 0.3) is 5.57 Å². The van der Waals surface area contributed by atoms with Gasteiger partial charge in [-0.05, 0) is 36.6 Å². The van der Waals surface area contributed by atoms with Crippen molar-refractivity contribution < 1.29 is 14.3 Å². The number of carbonyl (C=O) groups excluding carboxylic acids is 1. The Labute approximate surface area is 148 Å². The van der Waals surface area contributed by atoms with Gasteiger partial charge in [-0.1, -0.05) is 44.2 Å². The number of carbonyl (C=O) groups is 1. The molecule has 25 heavy (non-hydrogen) atoms. The summed E-state index contributed by atoms with van der Waals surface area (Å²) in [5, 5.41) is 0. The molecule has 1 aromatic heterocycles. The molecule has 0 aliphatic carbocycles. The van der Waals surface area contributed by atoms with Crippen LogP contribution in [0, 0.1) is 5.92 Å². The van der Waals surface area contributed by atoms with Crippen molar-refractivity contribution in [1.82, 2.24) is 4.98 Å². The zero-order valence-corrected chi connectivity index (χ0v) is 14.9. The van der Waals surface area contributed by atoms with Crippen LogP contribution < -0.4 is 0 Å². The smallest absolute Gasteiger partial charge is 0.340 e. The molecular weight excluding hydrogens is 314 g/mol. The van der Waals surface area contributed by atoms with E-state index >= 15 is 0 Å². The van der Waals surface area contributed by atoms with Gasteiger partial charge in [-0.3, -0.25) is 4.98 Å². The highest BCUT2D eigenvalue weighted by Crippen LogP contribution is 2.35. The van der Waals surface area contributed by atoms with Crippen molar-refractivity contribution in [2.24, 2.45) is 5.92 Å². The first kappa shape index (κ1) is 17.4. The molecule has 0 amide bonds. The summed E-state index contributed by atoms with van der Waals surface area (Å²) in [6.07, 6.45) is 3.77. The molecule has 1 unspecified atom stereocenters. The second-order valence-corrected chi connectivity index (χ2v) is 6.76. The minimum Gasteiger partial charge on any atom is -0.457 e. The third-order valence-corrected chi connectivity index (χ3v) is 4.69. The molecule has 1 atom stereocenters. The highest BCUT2D eigenvalue weighted by atomic mass is 16.5. The quantitative estimate of drug-likeness (QED) is 0.765. The largest absolute Gasteiger partial charge is 0.457 e. The Morgan fingerprint density at radius 3 is 2.68 bits per heavy atom. The lowest BCUT2D eigenvalue weighted by atomic mass is 9.91. The molecule has 1 aromatic carbocycles. The minimum atomic E-state index is -0.369. The maximum Gasteiger partial charge on any atom is 0.340 e. The van der Waals surface area contributed by atoms with Crippen LogP contribution >= 0.6 is 0 Å². The zero-order valence-electron chi connectivity index (χ0n) is 14.9. The molecule has 4 heteroatoms. The van der Waals surface area contributed by atoms with Crippen molar-refractivity contribution in [3.63, 3.8) is 0 Å². The predicted octanol–water partition coefficient (Wildman–Crippen LogP) is 4.27. The predicted molar refractivity (Wildman–Crippen MR) is 97.0 cm³/mol. The fourth-order valence-electron chi connectivity index (χ4n) is 2.76. The normalized spacial score (nSPS) is 19.8. The molecule has 4 nitrogen and oxygen atoms in total. The summed E-state index contributed by atoms with van der Waals surface area (Å²) in [6.45, 7) is 6.98. The van der Waals surface area contributed by atoms with Crippen LogP contribution in [-0.4, -0.2) is 23.2 Å². The van der Waals surface area contributed by atoms with Crippen LogP contribution in [0.15, 0.2) is 54.7 Å². The van der Waals surface area contributed by atoms with Gasteiger partial charge in [-0.25, -0.2) is 4.79 Å². The van der Waals surface area contributed by atoms with Crippen molar-refractivity contribution in [3.8, 4) is 0 Å². The lowest BCUT2D eigenvalue weighted by molar-refractivity contribution is 0.00622. The van der Waals surface area contributed by atoms with Gasteiger partial charge >= 0.3 is 5.97 Å². The Balaban J connectivity index is 1.81. The number of aromatic nitrogens is 1. The summed E-state index contributed by atoms with van der Waals surface area (Å²) in [7, 11) is 0. The monoisotopic (exact) mass is 337 g/mol. The van der Waals surface area contributed by atoms with Crippen molar-refractivity contribution >= 4 is 11.5 Å². The molecule has 2 aromatic rings.